The van der Waals surface area contributed by atoms with Crippen molar-refractivity contribution in [2.75, 3.05) is 0 Å². The minimum atomic E-state index is -1.83. The van der Waals surface area contributed by atoms with Gasteiger partial charge in [0.1, 0.15) is 0 Å². The van der Waals surface area contributed by atoms with E-state index < -0.39 is 6.16 Å². The molecule has 0 aliphatic carbocycles. The molecular formula is C5H8O3. The lowest BCUT2D eigenvalue weighted by atomic mass is 10.5. The fourth-order valence-corrected chi connectivity index (χ4v) is 0. The van der Waals surface area contributed by atoms with E-state index in [9.17, 15) is 0 Å². The minimum absolute atomic E-state index is 0.847. The van der Waals surface area contributed by atoms with Gasteiger partial charge in [0.15, 0.2) is 0 Å². The van der Waals surface area contributed by atoms with Gasteiger partial charge in [-0.15, -0.1) is 12.3 Å². The lowest BCUT2D eigenvalue weighted by molar-refractivity contribution is 0.137. The monoisotopic (exact) mass is 116 g/mol. The van der Waals surface area contributed by atoms with Gasteiger partial charge in [-0.1, -0.05) is 6.92 Å². The number of terminal acetylenes is 1. The molecule has 0 amide bonds. The highest BCUT2D eigenvalue weighted by Crippen LogP contribution is 1.58. The normalized spacial score (nSPS) is 5.50. The van der Waals surface area contributed by atoms with Crippen LogP contribution in [0.4, 0.5) is 4.79 Å². The summed E-state index contributed by atoms with van der Waals surface area (Å²) in [5.74, 6) is 2.43. The maximum Gasteiger partial charge on any atom is 0.503 e. The standard InChI is InChI=1S/C4H6.CH2O3/c1-3-4-2;2-1(3)4/h1H,4H2,2H3;(H2,2,3,4). The van der Waals surface area contributed by atoms with Gasteiger partial charge in [0.05, 0.1) is 0 Å². The van der Waals surface area contributed by atoms with E-state index in [1.54, 1.807) is 0 Å². The first kappa shape index (κ1) is 9.95. The van der Waals surface area contributed by atoms with E-state index in [4.69, 9.17) is 21.4 Å². The van der Waals surface area contributed by atoms with Crippen molar-refractivity contribution in [3.8, 4) is 12.3 Å². The Bertz CT molecular complexity index is 86.3. The number of hydrogen-bond acceptors (Lipinski definition) is 1. The van der Waals surface area contributed by atoms with Crippen LogP contribution in [0.3, 0.4) is 0 Å². The highest BCUT2D eigenvalue weighted by molar-refractivity contribution is 5.53. The Balaban J connectivity index is 0. The highest BCUT2D eigenvalue weighted by Gasteiger charge is 1.70. The molecule has 0 atom stereocenters. The Kier molecular flexibility index (Phi) is 11.5. The van der Waals surface area contributed by atoms with E-state index in [0.717, 1.165) is 6.42 Å². The zero-order valence-electron chi connectivity index (χ0n) is 4.59. The summed E-state index contributed by atoms with van der Waals surface area (Å²) in [6.45, 7) is 1.94. The maximum absolute atomic E-state index is 8.56. The van der Waals surface area contributed by atoms with Gasteiger partial charge in [-0.2, -0.15) is 0 Å². The van der Waals surface area contributed by atoms with Gasteiger partial charge >= 0.3 is 6.16 Å². The number of carbonyl (C=O) groups is 1. The van der Waals surface area contributed by atoms with Crippen LogP contribution in [0.15, 0.2) is 0 Å². The summed E-state index contributed by atoms with van der Waals surface area (Å²) in [6, 6.07) is 0. The van der Waals surface area contributed by atoms with Crippen LogP contribution in [0.2, 0.25) is 0 Å². The third-order valence-electron chi connectivity index (χ3n) is 0.204. The average molecular weight is 116 g/mol. The Hall–Kier alpha value is -1.17. The predicted molar refractivity (Wildman–Crippen MR) is 29.8 cm³/mol. The topological polar surface area (TPSA) is 57.5 Å². The van der Waals surface area contributed by atoms with E-state index in [2.05, 4.69) is 5.92 Å². The summed E-state index contributed by atoms with van der Waals surface area (Å²) >= 11 is 0. The van der Waals surface area contributed by atoms with Crippen molar-refractivity contribution < 1.29 is 15.0 Å². The fourth-order valence-electron chi connectivity index (χ4n) is 0. The Morgan fingerprint density at radius 2 is 1.88 bits per heavy atom. The lowest BCUT2D eigenvalue weighted by Crippen LogP contribution is -1.81. The third-order valence-corrected chi connectivity index (χ3v) is 0.204. The summed E-state index contributed by atoms with van der Waals surface area (Å²) < 4.78 is 0. The molecule has 0 bridgehead atoms. The molecule has 3 nitrogen and oxygen atoms in total. The molecule has 0 aromatic rings. The van der Waals surface area contributed by atoms with Gasteiger partial charge in [0.25, 0.3) is 0 Å². The number of carboxylic acid groups (broad SMARTS) is 2. The number of hydrogen-bond donors (Lipinski definition) is 2. The SMILES string of the molecule is C#CCC.O=C(O)O. The summed E-state index contributed by atoms with van der Waals surface area (Å²) in [5.41, 5.74) is 0. The summed E-state index contributed by atoms with van der Waals surface area (Å²) in [6.07, 6.45) is 3.79. The van der Waals surface area contributed by atoms with Crippen LogP contribution < -0.4 is 0 Å². The molecule has 2 N–H and O–H groups in total. The van der Waals surface area contributed by atoms with Crippen molar-refractivity contribution >= 4 is 6.16 Å². The summed E-state index contributed by atoms with van der Waals surface area (Å²) in [5, 5.41) is 13.9. The van der Waals surface area contributed by atoms with Crippen molar-refractivity contribution in [2.45, 2.75) is 13.3 Å². The Morgan fingerprint density at radius 3 is 1.88 bits per heavy atom. The highest BCUT2D eigenvalue weighted by atomic mass is 16.6. The second-order valence-corrected chi connectivity index (χ2v) is 0.840. The maximum atomic E-state index is 8.56. The van der Waals surface area contributed by atoms with Crippen molar-refractivity contribution in [1.29, 1.82) is 0 Å². The van der Waals surface area contributed by atoms with Gasteiger partial charge in [-0.05, 0) is 0 Å². The van der Waals surface area contributed by atoms with E-state index in [1.165, 1.54) is 0 Å². The molecular weight excluding hydrogens is 108 g/mol. The molecule has 0 fully saturated rings. The third kappa shape index (κ3) is 2450. The minimum Gasteiger partial charge on any atom is -0.450 e. The van der Waals surface area contributed by atoms with Gasteiger partial charge in [-0.3, -0.25) is 0 Å². The van der Waals surface area contributed by atoms with Crippen LogP contribution in [0.1, 0.15) is 13.3 Å². The van der Waals surface area contributed by atoms with E-state index in [0.29, 0.717) is 0 Å². The molecule has 3 heteroatoms. The molecule has 0 aromatic heterocycles. The van der Waals surface area contributed by atoms with Crippen molar-refractivity contribution in [1.82, 2.24) is 0 Å². The van der Waals surface area contributed by atoms with Gasteiger partial charge < -0.3 is 10.2 Å². The predicted octanol–water partition coefficient (Wildman–Crippen LogP) is 1.25. The zero-order chi connectivity index (χ0) is 6.99. The molecule has 0 saturated carbocycles. The van der Waals surface area contributed by atoms with Gasteiger partial charge in [0.2, 0.25) is 0 Å². The van der Waals surface area contributed by atoms with E-state index >= 15 is 0 Å². The molecule has 0 aliphatic rings. The average Bonchev–Trinajstić information content (AvgIpc) is 1.65. The second kappa shape index (κ2) is 9.27. The largest absolute Gasteiger partial charge is 0.503 e. The van der Waals surface area contributed by atoms with Crippen LogP contribution in [0.5, 0.6) is 0 Å². The lowest BCUT2D eigenvalue weighted by Gasteiger charge is -1.60. The van der Waals surface area contributed by atoms with Crippen molar-refractivity contribution in [2.24, 2.45) is 0 Å². The van der Waals surface area contributed by atoms with Crippen molar-refractivity contribution in [3.05, 3.63) is 0 Å². The first-order chi connectivity index (χ1) is 3.65. The molecule has 0 saturated heterocycles. The molecule has 8 heavy (non-hydrogen) atoms. The molecule has 0 heterocycles. The smallest absolute Gasteiger partial charge is 0.450 e. The van der Waals surface area contributed by atoms with Crippen LogP contribution in [0.25, 0.3) is 0 Å². The Morgan fingerprint density at radius 1 is 1.75 bits per heavy atom. The van der Waals surface area contributed by atoms with Crippen molar-refractivity contribution in [3.63, 3.8) is 0 Å². The fraction of sp³-hybridized carbons (Fsp3) is 0.400. The van der Waals surface area contributed by atoms with Gasteiger partial charge in [-0.25, -0.2) is 4.79 Å². The summed E-state index contributed by atoms with van der Waals surface area (Å²) in [7, 11) is 0. The Labute approximate surface area is 48.0 Å². The molecule has 46 valence electrons. The van der Waals surface area contributed by atoms with Crippen LogP contribution in [-0.4, -0.2) is 16.4 Å². The first-order valence-electron chi connectivity index (χ1n) is 2.00. The molecule has 0 rings (SSSR count). The summed E-state index contributed by atoms with van der Waals surface area (Å²) in [4.78, 5) is 8.56. The number of rotatable bonds is 0. The molecule has 0 spiro atoms. The van der Waals surface area contributed by atoms with Crippen LogP contribution >= 0.6 is 0 Å². The van der Waals surface area contributed by atoms with E-state index in [-0.39, 0.29) is 0 Å². The van der Waals surface area contributed by atoms with Crippen LogP contribution in [-0.2, 0) is 0 Å². The zero-order valence-corrected chi connectivity index (χ0v) is 4.59. The molecule has 0 aromatic carbocycles. The molecule has 0 unspecified atom stereocenters. The molecule has 0 radical (unpaired) electrons. The van der Waals surface area contributed by atoms with Crippen LogP contribution in [0, 0.1) is 12.3 Å². The van der Waals surface area contributed by atoms with Gasteiger partial charge in [0, 0.05) is 6.42 Å². The quantitative estimate of drug-likeness (QED) is 0.468. The molecule has 0 aliphatic heterocycles. The second-order valence-electron chi connectivity index (χ2n) is 0.840. The van der Waals surface area contributed by atoms with E-state index in [1.807, 2.05) is 6.92 Å². The first-order valence-corrected chi connectivity index (χ1v) is 2.00.